The largest absolute Gasteiger partial charge is 0.476 e. The summed E-state index contributed by atoms with van der Waals surface area (Å²) in [6, 6.07) is 0. The number of imidazole rings is 1. The number of ether oxygens (including phenoxy) is 2. The van der Waals surface area contributed by atoms with Gasteiger partial charge in [0.1, 0.15) is 18.3 Å². The lowest BCUT2D eigenvalue weighted by molar-refractivity contribution is -0.0511. The number of hydrogen-bond donors (Lipinski definition) is 5. The Morgan fingerprint density at radius 3 is 2.79 bits per heavy atom. The summed E-state index contributed by atoms with van der Waals surface area (Å²) in [7, 11) is 0. The number of nitrogen functional groups attached to an aromatic ring is 1. The van der Waals surface area contributed by atoms with Crippen molar-refractivity contribution >= 4 is 29.7 Å². The van der Waals surface area contributed by atoms with Gasteiger partial charge in [-0.15, -0.1) is 0 Å². The van der Waals surface area contributed by atoms with Gasteiger partial charge in [0.15, 0.2) is 17.4 Å². The second kappa shape index (κ2) is 7.07. The highest BCUT2D eigenvalue weighted by atomic mass is 32.1. The molecule has 2 aromatic heterocycles. The minimum absolute atomic E-state index is 0.0168. The van der Waals surface area contributed by atoms with Gasteiger partial charge >= 0.3 is 0 Å². The molecule has 3 rings (SSSR count). The fourth-order valence-corrected chi connectivity index (χ4v) is 2.67. The number of hydrogen-bond acceptors (Lipinski definition) is 10. The zero-order valence-corrected chi connectivity index (χ0v) is 13.6. The molecule has 0 unspecified atom stereocenters. The molecule has 132 valence electrons. The van der Waals surface area contributed by atoms with Crippen molar-refractivity contribution in [3.8, 4) is 5.88 Å². The summed E-state index contributed by atoms with van der Waals surface area (Å²) in [4.78, 5) is 12.3. The van der Waals surface area contributed by atoms with Crippen LogP contribution in [0.5, 0.6) is 5.88 Å². The number of rotatable bonds is 6. The number of fused-ring (bicyclic) bond motifs is 1. The van der Waals surface area contributed by atoms with Crippen molar-refractivity contribution in [3.05, 3.63) is 6.33 Å². The van der Waals surface area contributed by atoms with Crippen LogP contribution in [0.1, 0.15) is 12.6 Å². The first kappa shape index (κ1) is 17.2. The van der Waals surface area contributed by atoms with E-state index >= 15 is 0 Å². The quantitative estimate of drug-likeness (QED) is 0.315. The topological polar surface area (TPSA) is 149 Å². The fraction of sp³-hybridized carbons (Fsp3) is 0.615. The Kier molecular flexibility index (Phi) is 5.06. The Balaban J connectivity index is 1.95. The van der Waals surface area contributed by atoms with Crippen molar-refractivity contribution < 1.29 is 24.8 Å². The molecule has 2 aromatic rings. The highest BCUT2D eigenvalue weighted by Crippen LogP contribution is 2.32. The summed E-state index contributed by atoms with van der Waals surface area (Å²) in [6.07, 6.45) is -2.20. The summed E-state index contributed by atoms with van der Waals surface area (Å²) < 4.78 is 12.5. The fourth-order valence-electron chi connectivity index (χ4n) is 2.54. The number of aliphatic hydroxyl groups is 3. The van der Waals surface area contributed by atoms with E-state index in [2.05, 4.69) is 27.6 Å². The minimum atomic E-state index is -1.25. The summed E-state index contributed by atoms with van der Waals surface area (Å²) in [5.41, 5.74) is 6.39. The maximum Gasteiger partial charge on any atom is 0.247 e. The molecule has 3 heterocycles. The Hall–Kier alpha value is -1.66. The second-order valence-electron chi connectivity index (χ2n) is 5.37. The van der Waals surface area contributed by atoms with Gasteiger partial charge in [-0.1, -0.05) is 0 Å². The molecule has 4 atom stereocenters. The van der Waals surface area contributed by atoms with Crippen LogP contribution < -0.4 is 10.5 Å². The average molecular weight is 357 g/mol. The molecule has 0 saturated carbocycles. The summed E-state index contributed by atoms with van der Waals surface area (Å²) in [6.45, 7) is -0.0215. The molecule has 1 aliphatic rings. The Bertz CT molecular complexity index is 713. The van der Waals surface area contributed by atoms with E-state index in [1.54, 1.807) is 0 Å². The molecular weight excluding hydrogens is 338 g/mol. The number of aliphatic hydroxyl groups excluding tert-OH is 3. The van der Waals surface area contributed by atoms with Crippen molar-refractivity contribution in [2.45, 2.75) is 31.0 Å². The zero-order valence-electron chi connectivity index (χ0n) is 12.7. The maximum atomic E-state index is 10.2. The number of anilines is 1. The molecule has 10 nitrogen and oxygen atoms in total. The van der Waals surface area contributed by atoms with Crippen molar-refractivity contribution in [1.82, 2.24) is 19.5 Å². The van der Waals surface area contributed by atoms with Gasteiger partial charge in [0.2, 0.25) is 11.8 Å². The van der Waals surface area contributed by atoms with E-state index in [1.807, 2.05) is 0 Å². The standard InChI is InChI=1S/C13H19N5O5S/c14-13-16-10-7(11(17-13)22-2-1-3-24)15-5-18(10)12-9(21)8(20)6(4-19)23-12/h5-6,8-9,12,19-21,24H,1-4H2,(H2,14,16,17)/t6-,8-,9-,12-/m1/s1. The lowest BCUT2D eigenvalue weighted by Gasteiger charge is -2.16. The number of aromatic nitrogens is 4. The van der Waals surface area contributed by atoms with Crippen LogP contribution in [0.4, 0.5) is 5.95 Å². The molecule has 11 heteroatoms. The molecule has 0 amide bonds. The van der Waals surface area contributed by atoms with Crippen molar-refractivity contribution in [2.24, 2.45) is 0 Å². The van der Waals surface area contributed by atoms with Crippen LogP contribution in [0.25, 0.3) is 11.2 Å². The second-order valence-corrected chi connectivity index (χ2v) is 5.81. The van der Waals surface area contributed by atoms with Crippen LogP contribution in [-0.4, -0.2) is 72.1 Å². The molecule has 0 spiro atoms. The van der Waals surface area contributed by atoms with Crippen molar-refractivity contribution in [1.29, 1.82) is 0 Å². The third kappa shape index (κ3) is 3.00. The van der Waals surface area contributed by atoms with Gasteiger partial charge in [0.25, 0.3) is 0 Å². The minimum Gasteiger partial charge on any atom is -0.476 e. The molecule has 1 saturated heterocycles. The molecule has 0 radical (unpaired) electrons. The van der Waals surface area contributed by atoms with E-state index in [1.165, 1.54) is 10.9 Å². The first-order valence-electron chi connectivity index (χ1n) is 7.43. The van der Waals surface area contributed by atoms with E-state index < -0.39 is 31.1 Å². The Morgan fingerprint density at radius 1 is 1.33 bits per heavy atom. The van der Waals surface area contributed by atoms with Gasteiger partial charge in [0, 0.05) is 0 Å². The first-order chi connectivity index (χ1) is 11.6. The third-order valence-corrected chi connectivity index (χ3v) is 4.06. The van der Waals surface area contributed by atoms with Crippen LogP contribution in [-0.2, 0) is 4.74 Å². The Morgan fingerprint density at radius 2 is 2.12 bits per heavy atom. The smallest absolute Gasteiger partial charge is 0.247 e. The highest BCUT2D eigenvalue weighted by Gasteiger charge is 2.44. The lowest BCUT2D eigenvalue weighted by atomic mass is 10.1. The van der Waals surface area contributed by atoms with Crippen LogP contribution in [0, 0.1) is 0 Å². The summed E-state index contributed by atoms with van der Waals surface area (Å²) in [5.74, 6) is 0.877. The van der Waals surface area contributed by atoms with Gasteiger partial charge in [-0.2, -0.15) is 22.6 Å². The third-order valence-electron chi connectivity index (χ3n) is 3.74. The molecule has 24 heavy (non-hydrogen) atoms. The summed E-state index contributed by atoms with van der Waals surface area (Å²) >= 11 is 4.11. The SMILES string of the molecule is Nc1nc(OCCCS)c2ncn([C@@H]3O[C@H](CO)[C@@H](O)[C@H]3O)c2n1. The van der Waals surface area contributed by atoms with E-state index in [-0.39, 0.29) is 11.8 Å². The van der Waals surface area contributed by atoms with Crippen LogP contribution >= 0.6 is 12.6 Å². The average Bonchev–Trinajstić information content (AvgIpc) is 3.10. The molecule has 0 bridgehead atoms. The van der Waals surface area contributed by atoms with E-state index in [9.17, 15) is 15.3 Å². The number of nitrogens with two attached hydrogens (primary N) is 1. The van der Waals surface area contributed by atoms with E-state index in [0.29, 0.717) is 23.5 Å². The van der Waals surface area contributed by atoms with E-state index in [0.717, 1.165) is 6.42 Å². The monoisotopic (exact) mass is 357 g/mol. The normalized spacial score (nSPS) is 27.0. The maximum absolute atomic E-state index is 10.2. The predicted octanol–water partition coefficient (Wildman–Crippen LogP) is -1.28. The predicted molar refractivity (Wildman–Crippen MR) is 86.7 cm³/mol. The van der Waals surface area contributed by atoms with E-state index in [4.69, 9.17) is 15.2 Å². The number of thiol groups is 1. The number of nitrogens with zero attached hydrogens (tertiary/aromatic N) is 4. The van der Waals surface area contributed by atoms with Gasteiger partial charge in [-0.3, -0.25) is 4.57 Å². The zero-order chi connectivity index (χ0) is 17.3. The van der Waals surface area contributed by atoms with Crippen LogP contribution in [0.3, 0.4) is 0 Å². The van der Waals surface area contributed by atoms with Crippen molar-refractivity contribution in [3.63, 3.8) is 0 Å². The van der Waals surface area contributed by atoms with Gasteiger partial charge < -0.3 is 30.5 Å². The molecule has 5 N–H and O–H groups in total. The Labute approximate surface area is 142 Å². The molecular formula is C13H19N5O5S. The van der Waals surface area contributed by atoms with Gasteiger partial charge in [-0.25, -0.2) is 4.98 Å². The van der Waals surface area contributed by atoms with Crippen LogP contribution in [0.15, 0.2) is 6.33 Å². The van der Waals surface area contributed by atoms with Gasteiger partial charge in [-0.05, 0) is 12.2 Å². The van der Waals surface area contributed by atoms with Crippen LogP contribution in [0.2, 0.25) is 0 Å². The molecule has 1 fully saturated rings. The summed E-state index contributed by atoms with van der Waals surface area (Å²) in [5, 5.41) is 29.2. The molecule has 0 aromatic carbocycles. The molecule has 1 aliphatic heterocycles. The first-order valence-corrected chi connectivity index (χ1v) is 8.06. The van der Waals surface area contributed by atoms with Crippen molar-refractivity contribution in [2.75, 3.05) is 24.7 Å². The highest BCUT2D eigenvalue weighted by molar-refractivity contribution is 7.80. The van der Waals surface area contributed by atoms with Gasteiger partial charge in [0.05, 0.1) is 19.5 Å². The lowest BCUT2D eigenvalue weighted by Crippen LogP contribution is -2.33. The molecule has 0 aliphatic carbocycles.